The molecular formula is C16H25N3OS2. The normalized spacial score (nSPS) is 19.9. The van der Waals surface area contributed by atoms with Crippen LogP contribution in [0.3, 0.4) is 0 Å². The van der Waals surface area contributed by atoms with Crippen molar-refractivity contribution in [1.82, 2.24) is 10.6 Å². The van der Waals surface area contributed by atoms with Crippen molar-refractivity contribution in [2.75, 3.05) is 31.1 Å². The SMILES string of the molecule is CCNC(=NCC1CCCS1)NCCS(=O)c1ccccc1. The van der Waals surface area contributed by atoms with Gasteiger partial charge in [0.1, 0.15) is 0 Å². The Balaban J connectivity index is 1.76. The van der Waals surface area contributed by atoms with Crippen LogP contribution in [0.25, 0.3) is 0 Å². The van der Waals surface area contributed by atoms with Crippen LogP contribution < -0.4 is 10.6 Å². The van der Waals surface area contributed by atoms with Crippen molar-refractivity contribution < 1.29 is 4.21 Å². The van der Waals surface area contributed by atoms with Crippen molar-refractivity contribution in [2.45, 2.75) is 29.9 Å². The lowest BCUT2D eigenvalue weighted by Crippen LogP contribution is -2.39. The minimum absolute atomic E-state index is 0.590. The maximum atomic E-state index is 12.2. The van der Waals surface area contributed by atoms with Crippen LogP contribution in [0.2, 0.25) is 0 Å². The molecule has 0 aliphatic carbocycles. The summed E-state index contributed by atoms with van der Waals surface area (Å²) in [6.45, 7) is 4.42. The molecule has 122 valence electrons. The summed E-state index contributed by atoms with van der Waals surface area (Å²) in [5.74, 6) is 2.69. The molecule has 0 bridgehead atoms. The molecule has 4 nitrogen and oxygen atoms in total. The molecule has 1 fully saturated rings. The Morgan fingerprint density at radius 2 is 2.18 bits per heavy atom. The van der Waals surface area contributed by atoms with E-state index in [1.807, 2.05) is 42.1 Å². The van der Waals surface area contributed by atoms with Crippen LogP contribution in [0.15, 0.2) is 40.2 Å². The molecule has 0 radical (unpaired) electrons. The van der Waals surface area contributed by atoms with Gasteiger partial charge in [0.2, 0.25) is 0 Å². The lowest BCUT2D eigenvalue weighted by Gasteiger charge is -2.12. The van der Waals surface area contributed by atoms with Crippen molar-refractivity contribution in [3.63, 3.8) is 0 Å². The number of hydrogen-bond donors (Lipinski definition) is 2. The number of hydrogen-bond acceptors (Lipinski definition) is 3. The third-order valence-corrected chi connectivity index (χ3v) is 6.16. The minimum atomic E-state index is -0.959. The summed E-state index contributed by atoms with van der Waals surface area (Å²) in [6.07, 6.45) is 2.58. The molecule has 0 saturated carbocycles. The summed E-state index contributed by atoms with van der Waals surface area (Å²) in [7, 11) is -0.959. The maximum absolute atomic E-state index is 12.2. The Morgan fingerprint density at radius 1 is 1.36 bits per heavy atom. The number of benzene rings is 1. The lowest BCUT2D eigenvalue weighted by atomic mass is 10.2. The van der Waals surface area contributed by atoms with Crippen LogP contribution in [0.4, 0.5) is 0 Å². The molecular weight excluding hydrogens is 314 g/mol. The highest BCUT2D eigenvalue weighted by atomic mass is 32.2. The quantitative estimate of drug-likeness (QED) is 0.591. The molecule has 0 spiro atoms. The van der Waals surface area contributed by atoms with Gasteiger partial charge in [0.05, 0.1) is 17.3 Å². The fraction of sp³-hybridized carbons (Fsp3) is 0.562. The van der Waals surface area contributed by atoms with Crippen LogP contribution in [0.1, 0.15) is 19.8 Å². The average Bonchev–Trinajstić information content (AvgIpc) is 3.06. The highest BCUT2D eigenvalue weighted by Crippen LogP contribution is 2.25. The fourth-order valence-corrected chi connectivity index (χ4v) is 4.44. The molecule has 1 aromatic rings. The van der Waals surface area contributed by atoms with Crippen molar-refractivity contribution >= 4 is 28.5 Å². The fourth-order valence-electron chi connectivity index (χ4n) is 2.28. The molecule has 0 amide bonds. The van der Waals surface area contributed by atoms with Crippen molar-refractivity contribution in [3.8, 4) is 0 Å². The first-order valence-corrected chi connectivity index (χ1v) is 10.2. The van der Waals surface area contributed by atoms with E-state index in [0.29, 0.717) is 17.5 Å². The second kappa shape index (κ2) is 9.90. The number of nitrogens with one attached hydrogen (secondary N) is 2. The van der Waals surface area contributed by atoms with Crippen molar-refractivity contribution in [3.05, 3.63) is 30.3 Å². The van der Waals surface area contributed by atoms with E-state index in [1.54, 1.807) is 0 Å². The van der Waals surface area contributed by atoms with Crippen LogP contribution in [-0.2, 0) is 10.8 Å². The van der Waals surface area contributed by atoms with E-state index in [4.69, 9.17) is 0 Å². The van der Waals surface area contributed by atoms with Gasteiger partial charge in [-0.05, 0) is 37.7 Å². The van der Waals surface area contributed by atoms with Gasteiger partial charge in [0, 0.05) is 29.0 Å². The largest absolute Gasteiger partial charge is 0.357 e. The van der Waals surface area contributed by atoms with Crippen molar-refractivity contribution in [1.29, 1.82) is 0 Å². The lowest BCUT2D eigenvalue weighted by molar-refractivity contribution is 0.681. The zero-order valence-corrected chi connectivity index (χ0v) is 14.7. The van der Waals surface area contributed by atoms with Gasteiger partial charge in [-0.3, -0.25) is 9.20 Å². The molecule has 1 aliphatic rings. The number of guanidine groups is 1. The molecule has 22 heavy (non-hydrogen) atoms. The molecule has 2 rings (SSSR count). The standard InChI is InChI=1S/C16H25N3OS2/c1-2-17-16(19-13-14-7-6-11-21-14)18-10-12-22(20)15-8-4-3-5-9-15/h3-5,8-9,14H,2,6-7,10-13H2,1H3,(H2,17,18,19). The van der Waals surface area contributed by atoms with Gasteiger partial charge < -0.3 is 10.6 Å². The second-order valence-electron chi connectivity index (χ2n) is 5.14. The zero-order valence-electron chi connectivity index (χ0n) is 13.1. The maximum Gasteiger partial charge on any atom is 0.191 e. The summed E-state index contributed by atoms with van der Waals surface area (Å²) in [4.78, 5) is 5.52. The van der Waals surface area contributed by atoms with Crippen molar-refractivity contribution in [2.24, 2.45) is 4.99 Å². The molecule has 2 N–H and O–H groups in total. The Hall–Kier alpha value is -1.01. The zero-order chi connectivity index (χ0) is 15.6. The third kappa shape index (κ3) is 6.01. The first kappa shape index (κ1) is 17.3. The second-order valence-corrected chi connectivity index (χ2v) is 8.12. The van der Waals surface area contributed by atoms with Crippen LogP contribution in [0.5, 0.6) is 0 Å². The van der Waals surface area contributed by atoms with Gasteiger partial charge in [-0.15, -0.1) is 0 Å². The highest BCUT2D eigenvalue weighted by molar-refractivity contribution is 8.00. The average molecular weight is 340 g/mol. The highest BCUT2D eigenvalue weighted by Gasteiger charge is 2.15. The van der Waals surface area contributed by atoms with E-state index in [0.717, 1.165) is 23.9 Å². The molecule has 1 heterocycles. The molecule has 1 aliphatic heterocycles. The molecule has 1 aromatic carbocycles. The van der Waals surface area contributed by atoms with Gasteiger partial charge in [0.25, 0.3) is 0 Å². The van der Waals surface area contributed by atoms with E-state index in [1.165, 1.54) is 18.6 Å². The molecule has 6 heteroatoms. The van der Waals surface area contributed by atoms with Gasteiger partial charge in [-0.25, -0.2) is 0 Å². The monoisotopic (exact) mass is 339 g/mol. The number of nitrogens with zero attached hydrogens (tertiary/aromatic N) is 1. The Bertz CT molecular complexity index is 487. The van der Waals surface area contributed by atoms with E-state index < -0.39 is 10.8 Å². The van der Waals surface area contributed by atoms with Gasteiger partial charge in [-0.1, -0.05) is 18.2 Å². The number of aliphatic imine (C=N–C) groups is 1. The molecule has 2 unspecified atom stereocenters. The molecule has 0 aromatic heterocycles. The number of rotatable bonds is 7. The Labute approximate surface area is 140 Å². The molecule has 2 atom stereocenters. The summed E-state index contributed by atoms with van der Waals surface area (Å²) >= 11 is 2.02. The van der Waals surface area contributed by atoms with E-state index >= 15 is 0 Å². The van der Waals surface area contributed by atoms with Crippen LogP contribution in [0, 0.1) is 0 Å². The first-order valence-electron chi connectivity index (χ1n) is 7.87. The predicted molar refractivity (Wildman–Crippen MR) is 97.2 cm³/mol. The molecule has 1 saturated heterocycles. The number of thioether (sulfide) groups is 1. The summed E-state index contributed by atoms with van der Waals surface area (Å²) in [5, 5.41) is 7.19. The Morgan fingerprint density at radius 3 is 2.86 bits per heavy atom. The summed E-state index contributed by atoms with van der Waals surface area (Å²) in [5.41, 5.74) is 0. The van der Waals surface area contributed by atoms with Crippen LogP contribution >= 0.6 is 11.8 Å². The van der Waals surface area contributed by atoms with E-state index in [9.17, 15) is 4.21 Å². The van der Waals surface area contributed by atoms with Gasteiger partial charge >= 0.3 is 0 Å². The predicted octanol–water partition coefficient (Wildman–Crippen LogP) is 2.24. The Kier molecular flexibility index (Phi) is 7.80. The van der Waals surface area contributed by atoms with E-state index in [2.05, 4.69) is 22.5 Å². The van der Waals surface area contributed by atoms with Gasteiger partial charge in [-0.2, -0.15) is 11.8 Å². The third-order valence-electron chi connectivity index (χ3n) is 3.41. The summed E-state index contributed by atoms with van der Waals surface area (Å²) in [6, 6.07) is 9.60. The topological polar surface area (TPSA) is 53.5 Å². The smallest absolute Gasteiger partial charge is 0.191 e. The van der Waals surface area contributed by atoms with Crippen LogP contribution in [-0.4, -0.2) is 46.6 Å². The van der Waals surface area contributed by atoms with E-state index in [-0.39, 0.29) is 0 Å². The van der Waals surface area contributed by atoms with Gasteiger partial charge in [0.15, 0.2) is 5.96 Å². The minimum Gasteiger partial charge on any atom is -0.357 e. The summed E-state index contributed by atoms with van der Waals surface area (Å²) < 4.78 is 12.2. The first-order chi connectivity index (χ1) is 10.8.